The number of nitrogens with zero attached hydrogens (tertiary/aromatic N) is 3. The van der Waals surface area contributed by atoms with E-state index in [1.165, 1.54) is 11.1 Å². The van der Waals surface area contributed by atoms with Crippen molar-refractivity contribution in [1.82, 2.24) is 15.1 Å². The summed E-state index contributed by atoms with van der Waals surface area (Å²) in [7, 11) is 3.11. The second kappa shape index (κ2) is 12.9. The van der Waals surface area contributed by atoms with Crippen molar-refractivity contribution in [2.45, 2.75) is 19.0 Å². The van der Waals surface area contributed by atoms with E-state index in [1.54, 1.807) is 39.3 Å². The number of hydrogen-bond donors (Lipinski definition) is 1. The molecule has 41 heavy (non-hydrogen) atoms. The minimum Gasteiger partial charge on any atom is -0.497 e. The van der Waals surface area contributed by atoms with Crippen LogP contribution >= 0.6 is 0 Å². The topological polar surface area (TPSA) is 92.7 Å². The normalized spacial score (nSPS) is 19.4. The lowest BCUT2D eigenvalue weighted by Gasteiger charge is -2.42. The molecule has 2 aliphatic heterocycles. The van der Waals surface area contributed by atoms with Gasteiger partial charge in [-0.3, -0.25) is 19.8 Å². The summed E-state index contributed by atoms with van der Waals surface area (Å²) in [5.41, 5.74) is 3.09. The van der Waals surface area contributed by atoms with Crippen LogP contribution in [0.2, 0.25) is 0 Å². The summed E-state index contributed by atoms with van der Waals surface area (Å²) in [5, 5.41) is 2.89. The molecule has 1 saturated heterocycles. The number of carbonyl (C=O) groups excluding carboxylic acids is 2. The van der Waals surface area contributed by atoms with Crippen molar-refractivity contribution in [3.63, 3.8) is 0 Å². The predicted octanol–water partition coefficient (Wildman–Crippen LogP) is 3.82. The molecule has 9 nitrogen and oxygen atoms in total. The first-order valence-electron chi connectivity index (χ1n) is 13.9. The number of carbonyl (C=O) groups is 2. The summed E-state index contributed by atoms with van der Waals surface area (Å²) in [5.74, 6) is -0.652. The van der Waals surface area contributed by atoms with Crippen molar-refractivity contribution in [2.24, 2.45) is 10.9 Å². The fourth-order valence-electron chi connectivity index (χ4n) is 5.59. The summed E-state index contributed by atoms with van der Waals surface area (Å²) in [4.78, 5) is 35.8. The van der Waals surface area contributed by atoms with E-state index in [9.17, 15) is 9.59 Å². The Kier molecular flexibility index (Phi) is 8.84. The third-order valence-corrected chi connectivity index (χ3v) is 7.60. The van der Waals surface area contributed by atoms with E-state index < -0.39 is 23.8 Å². The number of aliphatic imine (C=N–C) groups is 1. The SMILES string of the molecule is CCOC(=O)[C@H]1C(=O)NC(N2CCN(C(c3ccccc3)c3ccccc3)CC2)=N[C@@H]1c1ccc(OC)cc1OC. The number of amides is 1. The highest BCUT2D eigenvalue weighted by Gasteiger charge is 2.43. The smallest absolute Gasteiger partial charge is 0.321 e. The molecule has 2 heterocycles. The molecule has 0 spiro atoms. The van der Waals surface area contributed by atoms with Crippen molar-refractivity contribution < 1.29 is 23.8 Å². The molecule has 9 heteroatoms. The summed E-state index contributed by atoms with van der Waals surface area (Å²) in [6.45, 7) is 4.73. The summed E-state index contributed by atoms with van der Waals surface area (Å²) in [6.07, 6.45) is 0. The fourth-order valence-corrected chi connectivity index (χ4v) is 5.59. The van der Waals surface area contributed by atoms with Gasteiger partial charge < -0.3 is 19.1 Å². The lowest BCUT2D eigenvalue weighted by Crippen LogP contribution is -2.57. The highest BCUT2D eigenvalue weighted by molar-refractivity contribution is 6.08. The van der Waals surface area contributed by atoms with Gasteiger partial charge in [-0.2, -0.15) is 0 Å². The first-order valence-corrected chi connectivity index (χ1v) is 13.9. The van der Waals surface area contributed by atoms with E-state index in [0.717, 1.165) is 13.1 Å². The average molecular weight is 557 g/mol. The minimum atomic E-state index is -1.14. The zero-order valence-corrected chi connectivity index (χ0v) is 23.7. The maximum Gasteiger partial charge on any atom is 0.321 e. The number of methoxy groups -OCH3 is 2. The van der Waals surface area contributed by atoms with Crippen LogP contribution in [0.4, 0.5) is 0 Å². The lowest BCUT2D eigenvalue weighted by molar-refractivity contribution is -0.153. The molecule has 2 aliphatic rings. The molecule has 3 aromatic rings. The van der Waals surface area contributed by atoms with Crippen LogP contribution in [0.5, 0.6) is 11.5 Å². The monoisotopic (exact) mass is 556 g/mol. The Balaban J connectivity index is 1.42. The quantitative estimate of drug-likeness (QED) is 0.333. The van der Waals surface area contributed by atoms with E-state index in [1.807, 2.05) is 12.1 Å². The molecule has 1 amide bonds. The Morgan fingerprint density at radius 3 is 2.12 bits per heavy atom. The Labute approximate surface area is 240 Å². The molecular formula is C32H36N4O5. The number of esters is 1. The fraction of sp³-hybridized carbons (Fsp3) is 0.344. The Morgan fingerprint density at radius 1 is 0.927 bits per heavy atom. The number of benzene rings is 3. The van der Waals surface area contributed by atoms with Gasteiger partial charge in [-0.05, 0) is 30.2 Å². The van der Waals surface area contributed by atoms with Crippen molar-refractivity contribution >= 4 is 17.8 Å². The van der Waals surface area contributed by atoms with Crippen LogP contribution in [0.15, 0.2) is 83.9 Å². The Bertz CT molecular complexity index is 1330. The van der Waals surface area contributed by atoms with Gasteiger partial charge in [0.1, 0.15) is 17.5 Å². The molecule has 1 fully saturated rings. The van der Waals surface area contributed by atoms with Gasteiger partial charge in [-0.25, -0.2) is 4.99 Å². The third kappa shape index (κ3) is 6.05. The standard InChI is InChI=1S/C32H36N4O5/c1-4-41-31(38)27-28(25-16-15-24(39-2)21-26(25)40-3)33-32(34-30(27)37)36-19-17-35(18-20-36)29(22-11-7-5-8-12-22)23-13-9-6-10-14-23/h5-16,21,27-29H,4,17-20H2,1-3H3,(H,33,34,37)/t27-,28-/m1/s1. The van der Waals surface area contributed by atoms with Gasteiger partial charge in [0.05, 0.1) is 26.9 Å². The van der Waals surface area contributed by atoms with Crippen LogP contribution in [0.25, 0.3) is 0 Å². The van der Waals surface area contributed by atoms with Crippen molar-refractivity contribution in [1.29, 1.82) is 0 Å². The van der Waals surface area contributed by atoms with E-state index in [4.69, 9.17) is 19.2 Å². The molecule has 3 aromatic carbocycles. The Hall–Kier alpha value is -4.37. The van der Waals surface area contributed by atoms with Gasteiger partial charge in [0.15, 0.2) is 5.92 Å². The molecule has 0 aliphatic carbocycles. The number of piperazine rings is 1. The molecule has 0 unspecified atom stereocenters. The number of hydrogen-bond acceptors (Lipinski definition) is 8. The van der Waals surface area contributed by atoms with Gasteiger partial charge in [-0.1, -0.05) is 60.7 Å². The van der Waals surface area contributed by atoms with Crippen molar-refractivity contribution in [3.8, 4) is 11.5 Å². The zero-order valence-electron chi connectivity index (χ0n) is 23.7. The first kappa shape index (κ1) is 28.2. The van der Waals surface area contributed by atoms with Crippen LogP contribution in [-0.2, 0) is 14.3 Å². The van der Waals surface area contributed by atoms with E-state index >= 15 is 0 Å². The molecule has 1 N–H and O–H groups in total. The zero-order chi connectivity index (χ0) is 28.8. The molecule has 0 radical (unpaired) electrons. The van der Waals surface area contributed by atoms with Crippen LogP contribution in [0.1, 0.15) is 35.7 Å². The number of rotatable bonds is 8. The summed E-state index contributed by atoms with van der Waals surface area (Å²) in [6, 6.07) is 25.6. The molecule has 2 atom stereocenters. The third-order valence-electron chi connectivity index (χ3n) is 7.60. The molecule has 0 saturated carbocycles. The molecular weight excluding hydrogens is 520 g/mol. The predicted molar refractivity (Wildman–Crippen MR) is 156 cm³/mol. The minimum absolute atomic E-state index is 0.118. The second-order valence-corrected chi connectivity index (χ2v) is 9.97. The maximum atomic E-state index is 13.4. The average Bonchev–Trinajstić information content (AvgIpc) is 3.02. The largest absolute Gasteiger partial charge is 0.497 e. The molecule has 214 valence electrons. The van der Waals surface area contributed by atoms with Crippen LogP contribution < -0.4 is 14.8 Å². The Morgan fingerprint density at radius 2 is 1.56 bits per heavy atom. The highest BCUT2D eigenvalue weighted by Crippen LogP contribution is 2.38. The van der Waals surface area contributed by atoms with Crippen molar-refractivity contribution in [2.75, 3.05) is 47.0 Å². The van der Waals surface area contributed by atoms with Gasteiger partial charge in [0.25, 0.3) is 0 Å². The van der Waals surface area contributed by atoms with Crippen molar-refractivity contribution in [3.05, 3.63) is 95.6 Å². The molecule has 0 bridgehead atoms. The number of guanidine groups is 1. The lowest BCUT2D eigenvalue weighted by atomic mass is 9.90. The highest BCUT2D eigenvalue weighted by atomic mass is 16.5. The van der Waals surface area contributed by atoms with E-state index in [2.05, 4.69) is 63.6 Å². The van der Waals surface area contributed by atoms with E-state index in [-0.39, 0.29) is 12.6 Å². The van der Waals surface area contributed by atoms with Gasteiger partial charge in [0.2, 0.25) is 11.9 Å². The van der Waals surface area contributed by atoms with Gasteiger partial charge in [0, 0.05) is 37.8 Å². The number of ether oxygens (including phenoxy) is 3. The second-order valence-electron chi connectivity index (χ2n) is 9.97. The van der Waals surface area contributed by atoms with Gasteiger partial charge >= 0.3 is 5.97 Å². The van der Waals surface area contributed by atoms with Gasteiger partial charge in [-0.15, -0.1) is 0 Å². The molecule has 0 aromatic heterocycles. The molecule has 5 rings (SSSR count). The summed E-state index contributed by atoms with van der Waals surface area (Å²) >= 11 is 0. The van der Waals surface area contributed by atoms with Crippen LogP contribution in [-0.4, -0.2) is 74.6 Å². The summed E-state index contributed by atoms with van der Waals surface area (Å²) < 4.78 is 16.2. The van der Waals surface area contributed by atoms with Crippen LogP contribution in [0, 0.1) is 5.92 Å². The first-order chi connectivity index (χ1) is 20.0. The van der Waals surface area contributed by atoms with E-state index in [0.29, 0.717) is 36.1 Å². The van der Waals surface area contributed by atoms with Crippen LogP contribution in [0.3, 0.4) is 0 Å². The number of nitrogens with one attached hydrogen (secondary N) is 1. The maximum absolute atomic E-state index is 13.4.